The van der Waals surface area contributed by atoms with Crippen molar-refractivity contribution in [2.24, 2.45) is 0 Å². The van der Waals surface area contributed by atoms with Crippen molar-refractivity contribution >= 4 is 32.6 Å². The quantitative estimate of drug-likeness (QED) is 0.511. The predicted molar refractivity (Wildman–Crippen MR) is 113 cm³/mol. The number of anilines is 1. The number of aromatic nitrogens is 4. The second kappa shape index (κ2) is 7.83. The Morgan fingerprint density at radius 2 is 1.90 bits per heavy atom. The first-order chi connectivity index (χ1) is 14.7. The van der Waals surface area contributed by atoms with Gasteiger partial charge in [-0.1, -0.05) is 23.5 Å². The first kappa shape index (κ1) is 18.7. The zero-order valence-corrected chi connectivity index (χ0v) is 16.8. The Hall–Kier alpha value is -3.33. The maximum Gasteiger partial charge on any atom is 0.253 e. The molecule has 30 heavy (non-hydrogen) atoms. The number of hydrogen-bond donors (Lipinski definition) is 2. The van der Waals surface area contributed by atoms with E-state index in [0.29, 0.717) is 11.3 Å². The first-order valence-electron chi connectivity index (χ1n) is 9.76. The summed E-state index contributed by atoms with van der Waals surface area (Å²) in [6, 6.07) is 11.9. The summed E-state index contributed by atoms with van der Waals surface area (Å²) in [5, 5.41) is 15.6. The van der Waals surface area contributed by atoms with Gasteiger partial charge >= 0.3 is 0 Å². The van der Waals surface area contributed by atoms with Crippen LogP contribution in [0, 0.1) is 5.82 Å². The Kier molecular flexibility index (Phi) is 4.88. The molecule has 4 aromatic rings. The zero-order valence-electron chi connectivity index (χ0n) is 16.0. The van der Waals surface area contributed by atoms with Crippen molar-refractivity contribution in [2.45, 2.75) is 31.3 Å². The molecular formula is C21H19FN6OS. The minimum Gasteiger partial charge on any atom is -0.357 e. The number of nitrogens with zero attached hydrogens (tertiary/aromatic N) is 4. The number of fused-ring (bicyclic) bond motifs is 1. The molecule has 0 unspecified atom stereocenters. The van der Waals surface area contributed by atoms with Gasteiger partial charge in [-0.3, -0.25) is 4.79 Å². The van der Waals surface area contributed by atoms with Crippen LogP contribution in [0.3, 0.4) is 0 Å². The fourth-order valence-electron chi connectivity index (χ4n) is 3.85. The second-order valence-corrected chi connectivity index (χ2v) is 8.26. The van der Waals surface area contributed by atoms with E-state index in [2.05, 4.69) is 25.8 Å². The summed E-state index contributed by atoms with van der Waals surface area (Å²) in [5.74, 6) is -0.429. The average molecular weight is 422 g/mol. The number of thiazole rings is 1. The van der Waals surface area contributed by atoms with E-state index in [4.69, 9.17) is 0 Å². The van der Waals surface area contributed by atoms with Crippen LogP contribution in [-0.2, 0) is 0 Å². The van der Waals surface area contributed by atoms with Crippen molar-refractivity contribution in [1.82, 2.24) is 25.3 Å². The number of halogens is 1. The monoisotopic (exact) mass is 422 g/mol. The average Bonchev–Trinajstić information content (AvgIpc) is 3.49. The molecule has 1 aliphatic rings. The van der Waals surface area contributed by atoms with Gasteiger partial charge in [-0.2, -0.15) is 15.0 Å². The van der Waals surface area contributed by atoms with Crippen LogP contribution in [0.4, 0.5) is 9.52 Å². The van der Waals surface area contributed by atoms with Gasteiger partial charge < -0.3 is 10.6 Å². The lowest BCUT2D eigenvalue weighted by molar-refractivity contribution is 0.0935. The van der Waals surface area contributed by atoms with Crippen LogP contribution in [0.25, 0.3) is 15.9 Å². The zero-order chi connectivity index (χ0) is 20.5. The molecule has 2 heterocycles. The van der Waals surface area contributed by atoms with Gasteiger partial charge in [0.25, 0.3) is 5.91 Å². The van der Waals surface area contributed by atoms with Crippen molar-refractivity contribution in [1.29, 1.82) is 0 Å². The van der Waals surface area contributed by atoms with E-state index in [0.717, 1.165) is 34.6 Å². The van der Waals surface area contributed by atoms with E-state index in [-0.39, 0.29) is 23.8 Å². The third kappa shape index (κ3) is 3.63. The number of nitrogens with one attached hydrogen (secondary N) is 2. The van der Waals surface area contributed by atoms with Crippen molar-refractivity contribution in [3.63, 3.8) is 0 Å². The SMILES string of the molecule is O=C(N[C@H]1CCC[C@H]1Nc1nc2ccc(F)cc2s1)c1ccccc1-n1nccn1. The van der Waals surface area contributed by atoms with Crippen molar-refractivity contribution in [3.05, 3.63) is 66.2 Å². The van der Waals surface area contributed by atoms with Crippen LogP contribution >= 0.6 is 11.3 Å². The molecule has 0 aliphatic heterocycles. The molecule has 1 amide bonds. The Morgan fingerprint density at radius 1 is 1.10 bits per heavy atom. The molecular weight excluding hydrogens is 403 g/mol. The van der Waals surface area contributed by atoms with Gasteiger partial charge in [0.2, 0.25) is 0 Å². The highest BCUT2D eigenvalue weighted by Crippen LogP contribution is 2.30. The molecule has 2 aromatic heterocycles. The molecule has 152 valence electrons. The highest BCUT2D eigenvalue weighted by atomic mass is 32.1. The molecule has 0 saturated heterocycles. The Balaban J connectivity index is 1.33. The molecule has 5 rings (SSSR count). The predicted octanol–water partition coefficient (Wildman–Crippen LogP) is 3.78. The van der Waals surface area contributed by atoms with E-state index in [9.17, 15) is 9.18 Å². The highest BCUT2D eigenvalue weighted by Gasteiger charge is 2.30. The Morgan fingerprint density at radius 3 is 2.77 bits per heavy atom. The minimum absolute atomic E-state index is 0.0279. The summed E-state index contributed by atoms with van der Waals surface area (Å²) >= 11 is 1.42. The first-order valence-corrected chi connectivity index (χ1v) is 10.6. The third-order valence-electron chi connectivity index (χ3n) is 5.27. The van der Waals surface area contributed by atoms with E-state index >= 15 is 0 Å². The summed E-state index contributed by atoms with van der Waals surface area (Å²) in [4.78, 5) is 19.0. The van der Waals surface area contributed by atoms with E-state index in [1.54, 1.807) is 24.5 Å². The van der Waals surface area contributed by atoms with Crippen molar-refractivity contribution in [3.8, 4) is 5.69 Å². The van der Waals surface area contributed by atoms with Gasteiger partial charge in [-0.25, -0.2) is 9.37 Å². The summed E-state index contributed by atoms with van der Waals surface area (Å²) in [6.07, 6.45) is 5.97. The summed E-state index contributed by atoms with van der Waals surface area (Å²) < 4.78 is 14.3. The normalized spacial score (nSPS) is 18.6. The maximum absolute atomic E-state index is 13.5. The molecule has 9 heteroatoms. The fraction of sp³-hybridized carbons (Fsp3) is 0.238. The van der Waals surface area contributed by atoms with Gasteiger partial charge in [0.1, 0.15) is 5.82 Å². The standard InChI is InChI=1S/C21H19FN6OS/c22-13-8-9-17-19(12-13)30-21(27-17)26-16-6-3-5-15(16)25-20(29)14-4-1-2-7-18(14)28-23-10-11-24-28/h1-2,4,7-12,15-16H,3,5-6H2,(H,25,29)(H,26,27)/t15-,16+/m0/s1. The molecule has 0 bridgehead atoms. The third-order valence-corrected chi connectivity index (χ3v) is 6.22. The van der Waals surface area contributed by atoms with Gasteiger partial charge in [0, 0.05) is 12.1 Å². The number of benzene rings is 2. The van der Waals surface area contributed by atoms with Crippen LogP contribution < -0.4 is 10.6 Å². The molecule has 1 saturated carbocycles. The van der Waals surface area contributed by atoms with Crippen LogP contribution in [0.2, 0.25) is 0 Å². The summed E-state index contributed by atoms with van der Waals surface area (Å²) in [7, 11) is 0. The molecule has 1 aliphatic carbocycles. The van der Waals surface area contributed by atoms with Crippen LogP contribution in [0.15, 0.2) is 54.9 Å². The maximum atomic E-state index is 13.5. The smallest absolute Gasteiger partial charge is 0.253 e. The Bertz CT molecular complexity index is 1190. The second-order valence-electron chi connectivity index (χ2n) is 7.23. The largest absolute Gasteiger partial charge is 0.357 e. The lowest BCUT2D eigenvalue weighted by Gasteiger charge is -2.22. The topological polar surface area (TPSA) is 84.7 Å². The van der Waals surface area contributed by atoms with E-state index in [1.807, 2.05) is 18.2 Å². The van der Waals surface area contributed by atoms with Gasteiger partial charge in [-0.05, 0) is 49.6 Å². The van der Waals surface area contributed by atoms with Crippen LogP contribution in [-0.4, -0.2) is 38.0 Å². The molecule has 0 spiro atoms. The van der Waals surface area contributed by atoms with Crippen molar-refractivity contribution < 1.29 is 9.18 Å². The number of amides is 1. The van der Waals surface area contributed by atoms with Crippen LogP contribution in [0.5, 0.6) is 0 Å². The molecule has 0 radical (unpaired) electrons. The lowest BCUT2D eigenvalue weighted by Crippen LogP contribution is -2.43. The highest BCUT2D eigenvalue weighted by molar-refractivity contribution is 7.22. The molecule has 1 fully saturated rings. The van der Waals surface area contributed by atoms with Crippen molar-refractivity contribution in [2.75, 3.05) is 5.32 Å². The summed E-state index contributed by atoms with van der Waals surface area (Å²) in [5.41, 5.74) is 1.92. The molecule has 2 N–H and O–H groups in total. The number of para-hydroxylation sites is 1. The number of carbonyl (C=O) groups excluding carboxylic acids is 1. The molecule has 2 aromatic carbocycles. The number of hydrogen-bond acceptors (Lipinski definition) is 6. The lowest BCUT2D eigenvalue weighted by atomic mass is 10.1. The van der Waals surface area contributed by atoms with Gasteiger partial charge in [-0.15, -0.1) is 0 Å². The van der Waals surface area contributed by atoms with Gasteiger partial charge in [0.15, 0.2) is 5.13 Å². The van der Waals surface area contributed by atoms with Gasteiger partial charge in [0.05, 0.1) is 33.9 Å². The van der Waals surface area contributed by atoms with E-state index in [1.165, 1.54) is 28.3 Å². The molecule has 7 nitrogen and oxygen atoms in total. The summed E-state index contributed by atoms with van der Waals surface area (Å²) in [6.45, 7) is 0. The number of rotatable bonds is 5. The molecule has 2 atom stereocenters. The Labute approximate surface area is 175 Å². The van der Waals surface area contributed by atoms with E-state index < -0.39 is 0 Å². The van der Waals surface area contributed by atoms with Crippen LogP contribution in [0.1, 0.15) is 29.6 Å². The minimum atomic E-state index is -0.269. The fourth-order valence-corrected chi connectivity index (χ4v) is 4.80. The number of carbonyl (C=O) groups is 1.